The molecule has 1 atom stereocenters. The molecule has 4 nitrogen and oxygen atoms in total. The Morgan fingerprint density at radius 3 is 2.25 bits per heavy atom. The van der Waals surface area contributed by atoms with Gasteiger partial charge in [0.25, 0.3) is 0 Å². The number of carbonyl (C=O) groups excluding carboxylic acids is 1. The number of hydrogen-bond acceptors (Lipinski definition) is 3. The van der Waals surface area contributed by atoms with Crippen LogP contribution in [0, 0.1) is 0 Å². The molecule has 0 aromatic carbocycles. The first kappa shape index (κ1) is 13.5. The topological polar surface area (TPSA) is 49.6 Å². The number of carbonyl (C=O) groups is 1. The van der Waals surface area contributed by atoms with Gasteiger partial charge in [0.1, 0.15) is 0 Å². The number of amides is 1. The fourth-order valence-electron chi connectivity index (χ4n) is 2.25. The van der Waals surface area contributed by atoms with Gasteiger partial charge in [0, 0.05) is 26.2 Å². The van der Waals surface area contributed by atoms with Crippen LogP contribution in [0.4, 0.5) is 0 Å². The second kappa shape index (κ2) is 5.64. The van der Waals surface area contributed by atoms with Crippen molar-refractivity contribution in [1.82, 2.24) is 9.80 Å². The van der Waals surface area contributed by atoms with Crippen LogP contribution in [0.2, 0.25) is 0 Å². The summed E-state index contributed by atoms with van der Waals surface area (Å²) in [7, 11) is 0. The Labute approximate surface area is 98.8 Å². The van der Waals surface area contributed by atoms with Crippen molar-refractivity contribution in [1.29, 1.82) is 0 Å². The minimum absolute atomic E-state index is 0.116. The Bertz CT molecular complexity index is 232. The van der Waals surface area contributed by atoms with Crippen LogP contribution >= 0.6 is 0 Å². The molecule has 1 amide bonds. The van der Waals surface area contributed by atoms with Gasteiger partial charge in [-0.1, -0.05) is 20.3 Å². The fourth-order valence-corrected chi connectivity index (χ4v) is 2.25. The summed E-state index contributed by atoms with van der Waals surface area (Å²) in [4.78, 5) is 16.5. The van der Waals surface area contributed by atoms with E-state index < -0.39 is 5.54 Å². The number of piperazine rings is 1. The molecule has 1 rings (SSSR count). The molecule has 0 aromatic rings. The van der Waals surface area contributed by atoms with Gasteiger partial charge < -0.3 is 15.5 Å². The maximum absolute atomic E-state index is 12.2. The molecule has 1 aliphatic heterocycles. The Kier molecular flexibility index (Phi) is 4.74. The van der Waals surface area contributed by atoms with Crippen LogP contribution < -0.4 is 5.73 Å². The predicted octanol–water partition coefficient (Wildman–Crippen LogP) is 0.668. The smallest absolute Gasteiger partial charge is 0.242 e. The van der Waals surface area contributed by atoms with E-state index in [4.69, 9.17) is 5.73 Å². The van der Waals surface area contributed by atoms with E-state index in [1.807, 2.05) is 11.8 Å². The van der Waals surface area contributed by atoms with Crippen molar-refractivity contribution in [2.24, 2.45) is 5.73 Å². The SMILES string of the molecule is CCCC(C)(N)C(=O)N1CCN(CC)CC1. The maximum atomic E-state index is 12.2. The van der Waals surface area contributed by atoms with Gasteiger partial charge in [0.05, 0.1) is 5.54 Å². The lowest BCUT2D eigenvalue weighted by molar-refractivity contribution is -0.138. The van der Waals surface area contributed by atoms with Crippen LogP contribution in [-0.2, 0) is 4.79 Å². The van der Waals surface area contributed by atoms with E-state index in [0.717, 1.165) is 45.6 Å². The molecule has 1 saturated heterocycles. The van der Waals surface area contributed by atoms with Gasteiger partial charge in [0.15, 0.2) is 0 Å². The van der Waals surface area contributed by atoms with Crippen LogP contribution in [0.3, 0.4) is 0 Å². The Morgan fingerprint density at radius 2 is 1.81 bits per heavy atom. The standard InChI is InChI=1S/C12H25N3O/c1-4-6-12(3,13)11(16)15-9-7-14(5-2)8-10-15/h4-10,13H2,1-3H3. The third-order valence-electron chi connectivity index (χ3n) is 3.36. The number of likely N-dealkylation sites (N-methyl/N-ethyl adjacent to an activating group) is 1. The summed E-state index contributed by atoms with van der Waals surface area (Å²) in [5.41, 5.74) is 5.39. The molecule has 0 radical (unpaired) electrons. The second-order valence-electron chi connectivity index (χ2n) is 4.89. The average Bonchev–Trinajstić information content (AvgIpc) is 2.28. The highest BCUT2D eigenvalue weighted by atomic mass is 16.2. The summed E-state index contributed by atoms with van der Waals surface area (Å²) in [5.74, 6) is 0.116. The van der Waals surface area contributed by atoms with Crippen LogP contribution in [0.25, 0.3) is 0 Å². The van der Waals surface area contributed by atoms with Gasteiger partial charge >= 0.3 is 0 Å². The molecule has 4 heteroatoms. The van der Waals surface area contributed by atoms with E-state index in [1.165, 1.54) is 0 Å². The van der Waals surface area contributed by atoms with Crippen molar-refractivity contribution in [2.45, 2.75) is 39.2 Å². The van der Waals surface area contributed by atoms with Crippen molar-refractivity contribution in [3.63, 3.8) is 0 Å². The molecule has 1 heterocycles. The minimum Gasteiger partial charge on any atom is -0.339 e. The molecule has 94 valence electrons. The highest BCUT2D eigenvalue weighted by Crippen LogP contribution is 2.14. The van der Waals surface area contributed by atoms with Crippen LogP contribution in [0.15, 0.2) is 0 Å². The molecule has 1 fully saturated rings. The van der Waals surface area contributed by atoms with Gasteiger partial charge in [0.2, 0.25) is 5.91 Å². The van der Waals surface area contributed by atoms with Crippen LogP contribution in [0.5, 0.6) is 0 Å². The number of hydrogen-bond donors (Lipinski definition) is 1. The van der Waals surface area contributed by atoms with Crippen molar-refractivity contribution in [3.8, 4) is 0 Å². The molecule has 2 N–H and O–H groups in total. The molecule has 1 aliphatic rings. The fraction of sp³-hybridized carbons (Fsp3) is 0.917. The summed E-state index contributed by atoms with van der Waals surface area (Å²) >= 11 is 0. The lowest BCUT2D eigenvalue weighted by atomic mass is 9.95. The summed E-state index contributed by atoms with van der Waals surface area (Å²) < 4.78 is 0. The minimum atomic E-state index is -0.677. The molecular formula is C12H25N3O. The zero-order chi connectivity index (χ0) is 12.2. The molecule has 0 bridgehead atoms. The van der Waals surface area contributed by atoms with Crippen molar-refractivity contribution in [3.05, 3.63) is 0 Å². The predicted molar refractivity (Wildman–Crippen MR) is 66.2 cm³/mol. The third-order valence-corrected chi connectivity index (χ3v) is 3.36. The second-order valence-corrected chi connectivity index (χ2v) is 4.89. The first-order chi connectivity index (χ1) is 7.51. The zero-order valence-electron chi connectivity index (χ0n) is 10.8. The largest absolute Gasteiger partial charge is 0.339 e. The summed E-state index contributed by atoms with van der Waals surface area (Å²) in [5, 5.41) is 0. The monoisotopic (exact) mass is 227 g/mol. The molecule has 0 saturated carbocycles. The molecule has 1 unspecified atom stereocenters. The van der Waals surface area contributed by atoms with E-state index in [1.54, 1.807) is 0 Å². The van der Waals surface area contributed by atoms with Crippen molar-refractivity contribution in [2.75, 3.05) is 32.7 Å². The number of nitrogens with zero attached hydrogens (tertiary/aromatic N) is 2. The lowest BCUT2D eigenvalue weighted by Crippen LogP contribution is -2.58. The summed E-state index contributed by atoms with van der Waals surface area (Å²) in [6, 6.07) is 0. The zero-order valence-corrected chi connectivity index (χ0v) is 10.8. The van der Waals surface area contributed by atoms with Gasteiger partial charge in [-0.25, -0.2) is 0 Å². The Balaban J connectivity index is 2.50. The van der Waals surface area contributed by atoms with Crippen LogP contribution in [0.1, 0.15) is 33.6 Å². The van der Waals surface area contributed by atoms with Gasteiger partial charge in [-0.2, -0.15) is 0 Å². The van der Waals surface area contributed by atoms with E-state index in [2.05, 4.69) is 18.7 Å². The number of rotatable bonds is 4. The molecule has 0 aromatic heterocycles. The summed E-state index contributed by atoms with van der Waals surface area (Å²) in [6.07, 6.45) is 1.72. The first-order valence-corrected chi connectivity index (χ1v) is 6.32. The lowest BCUT2D eigenvalue weighted by Gasteiger charge is -2.38. The van der Waals surface area contributed by atoms with Crippen LogP contribution in [-0.4, -0.2) is 54.0 Å². The molecule has 0 aliphatic carbocycles. The van der Waals surface area contributed by atoms with Gasteiger partial charge in [-0.15, -0.1) is 0 Å². The quantitative estimate of drug-likeness (QED) is 0.768. The summed E-state index contributed by atoms with van der Waals surface area (Å²) in [6.45, 7) is 10.7. The maximum Gasteiger partial charge on any atom is 0.242 e. The average molecular weight is 227 g/mol. The van der Waals surface area contributed by atoms with E-state index in [0.29, 0.717) is 0 Å². The Hall–Kier alpha value is -0.610. The normalized spacial score (nSPS) is 21.9. The first-order valence-electron chi connectivity index (χ1n) is 6.32. The van der Waals surface area contributed by atoms with E-state index >= 15 is 0 Å². The number of nitrogens with two attached hydrogens (primary N) is 1. The highest BCUT2D eigenvalue weighted by molar-refractivity contribution is 5.85. The van der Waals surface area contributed by atoms with E-state index in [-0.39, 0.29) is 5.91 Å². The molecular weight excluding hydrogens is 202 g/mol. The molecule has 16 heavy (non-hydrogen) atoms. The van der Waals surface area contributed by atoms with E-state index in [9.17, 15) is 4.79 Å². The van der Waals surface area contributed by atoms with Crippen molar-refractivity contribution < 1.29 is 4.79 Å². The van der Waals surface area contributed by atoms with Crippen molar-refractivity contribution >= 4 is 5.91 Å². The Morgan fingerprint density at radius 1 is 1.25 bits per heavy atom. The van der Waals surface area contributed by atoms with Gasteiger partial charge in [-0.05, 0) is 19.9 Å². The third kappa shape index (κ3) is 3.19. The van der Waals surface area contributed by atoms with Gasteiger partial charge in [-0.3, -0.25) is 4.79 Å². The highest BCUT2D eigenvalue weighted by Gasteiger charge is 2.33. The molecule has 0 spiro atoms.